The number of methoxy groups -OCH3 is 1. The zero-order chi connectivity index (χ0) is 14.4. The highest BCUT2D eigenvalue weighted by molar-refractivity contribution is 5.69. The Balaban J connectivity index is 1.83. The minimum Gasteiger partial charge on any atom is -0.497 e. The molecule has 4 nitrogen and oxygen atoms in total. The summed E-state index contributed by atoms with van der Waals surface area (Å²) in [5.41, 5.74) is 2.76. The molecule has 2 rings (SSSR count). The number of ether oxygens (including phenoxy) is 2. The van der Waals surface area contributed by atoms with Crippen LogP contribution in [0.5, 0.6) is 5.75 Å². The molecular formula is C16H23NO3. The maximum atomic E-state index is 11.3. The Kier molecular flexibility index (Phi) is 5.41. The molecule has 1 unspecified atom stereocenters. The van der Waals surface area contributed by atoms with Crippen LogP contribution < -0.4 is 10.1 Å². The summed E-state index contributed by atoms with van der Waals surface area (Å²) < 4.78 is 10.2. The van der Waals surface area contributed by atoms with Gasteiger partial charge in [0.15, 0.2) is 0 Å². The molecule has 0 spiro atoms. The molecule has 0 aliphatic heterocycles. The predicted octanol–water partition coefficient (Wildman–Crippen LogP) is 2.10. The Bertz CT molecular complexity index is 459. The smallest absolute Gasteiger partial charge is 0.307 e. The van der Waals surface area contributed by atoms with Crippen LogP contribution in [0, 0.1) is 0 Å². The fourth-order valence-corrected chi connectivity index (χ4v) is 2.65. The number of nitrogens with one attached hydrogen (secondary N) is 1. The van der Waals surface area contributed by atoms with Crippen molar-refractivity contribution in [2.45, 2.75) is 38.6 Å². The van der Waals surface area contributed by atoms with Crippen molar-refractivity contribution < 1.29 is 14.3 Å². The number of rotatable bonds is 6. The third-order valence-electron chi connectivity index (χ3n) is 3.71. The summed E-state index contributed by atoms with van der Waals surface area (Å²) in [7, 11) is 1.69. The fraction of sp³-hybridized carbons (Fsp3) is 0.562. The van der Waals surface area contributed by atoms with Gasteiger partial charge >= 0.3 is 5.97 Å². The van der Waals surface area contributed by atoms with E-state index in [2.05, 4.69) is 17.4 Å². The van der Waals surface area contributed by atoms with Crippen molar-refractivity contribution in [3.63, 3.8) is 0 Å². The van der Waals surface area contributed by atoms with Crippen LogP contribution in [-0.4, -0.2) is 32.3 Å². The summed E-state index contributed by atoms with van der Waals surface area (Å²) in [6, 6.07) is 6.73. The van der Waals surface area contributed by atoms with E-state index < -0.39 is 0 Å². The van der Waals surface area contributed by atoms with E-state index in [1.807, 2.05) is 13.0 Å². The highest BCUT2D eigenvalue weighted by Crippen LogP contribution is 2.25. The van der Waals surface area contributed by atoms with Gasteiger partial charge in [0, 0.05) is 12.6 Å². The van der Waals surface area contributed by atoms with E-state index in [0.29, 0.717) is 25.6 Å². The lowest BCUT2D eigenvalue weighted by atomic mass is 9.88. The highest BCUT2D eigenvalue weighted by Gasteiger charge is 2.18. The van der Waals surface area contributed by atoms with Gasteiger partial charge < -0.3 is 14.8 Å². The van der Waals surface area contributed by atoms with Crippen LogP contribution in [0.2, 0.25) is 0 Å². The minimum absolute atomic E-state index is 0.127. The Morgan fingerprint density at radius 3 is 3.00 bits per heavy atom. The van der Waals surface area contributed by atoms with Gasteiger partial charge in [-0.15, -0.1) is 0 Å². The van der Waals surface area contributed by atoms with Gasteiger partial charge in [-0.2, -0.15) is 0 Å². The van der Waals surface area contributed by atoms with Crippen molar-refractivity contribution >= 4 is 5.97 Å². The third kappa shape index (κ3) is 3.97. The number of aryl methyl sites for hydroxylation is 1. The maximum absolute atomic E-state index is 11.3. The van der Waals surface area contributed by atoms with Gasteiger partial charge in [-0.25, -0.2) is 0 Å². The van der Waals surface area contributed by atoms with Crippen LogP contribution >= 0.6 is 0 Å². The molecule has 0 saturated heterocycles. The zero-order valence-electron chi connectivity index (χ0n) is 12.3. The number of fused-ring (bicyclic) bond motifs is 1. The Labute approximate surface area is 120 Å². The van der Waals surface area contributed by atoms with Gasteiger partial charge in [-0.1, -0.05) is 6.07 Å². The highest BCUT2D eigenvalue weighted by atomic mass is 16.5. The van der Waals surface area contributed by atoms with Gasteiger partial charge in [0.05, 0.1) is 20.1 Å². The summed E-state index contributed by atoms with van der Waals surface area (Å²) in [6.45, 7) is 2.97. The molecule has 1 aliphatic rings. The van der Waals surface area contributed by atoms with Crippen molar-refractivity contribution in [2.24, 2.45) is 0 Å². The molecule has 1 aromatic rings. The second kappa shape index (κ2) is 7.29. The molecule has 1 aliphatic carbocycles. The first-order valence-corrected chi connectivity index (χ1v) is 7.27. The standard InChI is InChI=1S/C16H23NO3/c1-3-20-16(18)8-9-17-14-6-4-12-5-7-15(19-2)11-13(12)10-14/h5,7,11,14,17H,3-4,6,8-10H2,1-2H3. The molecule has 0 saturated carbocycles. The van der Waals surface area contributed by atoms with E-state index in [9.17, 15) is 4.79 Å². The SMILES string of the molecule is CCOC(=O)CCNC1CCc2ccc(OC)cc2C1. The average molecular weight is 277 g/mol. The van der Waals surface area contributed by atoms with Crippen LogP contribution in [0.4, 0.5) is 0 Å². The van der Waals surface area contributed by atoms with Gasteiger partial charge in [-0.05, 0) is 49.4 Å². The summed E-state index contributed by atoms with van der Waals surface area (Å²) in [5.74, 6) is 0.786. The monoisotopic (exact) mass is 277 g/mol. The van der Waals surface area contributed by atoms with E-state index in [1.165, 1.54) is 11.1 Å². The lowest BCUT2D eigenvalue weighted by Gasteiger charge is -2.26. The number of benzene rings is 1. The molecule has 20 heavy (non-hydrogen) atoms. The quantitative estimate of drug-likeness (QED) is 0.809. The van der Waals surface area contributed by atoms with Crippen molar-refractivity contribution in [3.05, 3.63) is 29.3 Å². The van der Waals surface area contributed by atoms with Gasteiger partial charge in [0.2, 0.25) is 0 Å². The number of carbonyl (C=O) groups excluding carboxylic acids is 1. The van der Waals surface area contributed by atoms with E-state index in [4.69, 9.17) is 9.47 Å². The molecule has 1 atom stereocenters. The minimum atomic E-state index is -0.127. The topological polar surface area (TPSA) is 47.6 Å². The number of esters is 1. The van der Waals surface area contributed by atoms with Crippen LogP contribution in [0.3, 0.4) is 0 Å². The molecule has 1 N–H and O–H groups in total. The molecule has 4 heteroatoms. The number of hydrogen-bond donors (Lipinski definition) is 1. The van der Waals surface area contributed by atoms with Crippen molar-refractivity contribution in [2.75, 3.05) is 20.3 Å². The first-order chi connectivity index (χ1) is 9.72. The van der Waals surface area contributed by atoms with Crippen molar-refractivity contribution in [3.8, 4) is 5.75 Å². The predicted molar refractivity (Wildman–Crippen MR) is 78.1 cm³/mol. The summed E-state index contributed by atoms with van der Waals surface area (Å²) in [6.07, 6.45) is 3.63. The van der Waals surface area contributed by atoms with E-state index in [-0.39, 0.29) is 5.97 Å². The Hall–Kier alpha value is -1.55. The van der Waals surface area contributed by atoms with E-state index in [1.54, 1.807) is 7.11 Å². The largest absolute Gasteiger partial charge is 0.497 e. The van der Waals surface area contributed by atoms with Gasteiger partial charge in [0.1, 0.15) is 5.75 Å². The molecule has 0 radical (unpaired) electrons. The van der Waals surface area contributed by atoms with Crippen LogP contribution in [0.25, 0.3) is 0 Å². The van der Waals surface area contributed by atoms with Gasteiger partial charge in [-0.3, -0.25) is 4.79 Å². The molecular weight excluding hydrogens is 254 g/mol. The lowest BCUT2D eigenvalue weighted by molar-refractivity contribution is -0.143. The molecule has 0 aromatic heterocycles. The second-order valence-corrected chi connectivity index (χ2v) is 5.08. The summed E-state index contributed by atoms with van der Waals surface area (Å²) >= 11 is 0. The summed E-state index contributed by atoms with van der Waals surface area (Å²) in [4.78, 5) is 11.3. The zero-order valence-corrected chi connectivity index (χ0v) is 12.3. The first-order valence-electron chi connectivity index (χ1n) is 7.27. The Morgan fingerprint density at radius 2 is 2.25 bits per heavy atom. The number of hydrogen-bond acceptors (Lipinski definition) is 4. The molecule has 1 aromatic carbocycles. The molecule has 0 bridgehead atoms. The van der Waals surface area contributed by atoms with Crippen molar-refractivity contribution in [1.82, 2.24) is 5.32 Å². The molecule has 0 heterocycles. The van der Waals surface area contributed by atoms with Crippen molar-refractivity contribution in [1.29, 1.82) is 0 Å². The van der Waals surface area contributed by atoms with E-state index >= 15 is 0 Å². The van der Waals surface area contributed by atoms with Crippen LogP contribution in [0.1, 0.15) is 30.9 Å². The lowest BCUT2D eigenvalue weighted by Crippen LogP contribution is -2.36. The summed E-state index contributed by atoms with van der Waals surface area (Å²) in [5, 5.41) is 3.45. The van der Waals surface area contributed by atoms with Gasteiger partial charge in [0.25, 0.3) is 0 Å². The second-order valence-electron chi connectivity index (χ2n) is 5.08. The fourth-order valence-electron chi connectivity index (χ4n) is 2.65. The Morgan fingerprint density at radius 1 is 1.40 bits per heavy atom. The normalized spacial score (nSPS) is 17.4. The molecule has 110 valence electrons. The maximum Gasteiger partial charge on any atom is 0.307 e. The third-order valence-corrected chi connectivity index (χ3v) is 3.71. The van der Waals surface area contributed by atoms with Crippen LogP contribution in [-0.2, 0) is 22.4 Å². The molecule has 0 amide bonds. The number of carbonyl (C=O) groups is 1. The van der Waals surface area contributed by atoms with Crippen LogP contribution in [0.15, 0.2) is 18.2 Å². The first kappa shape index (κ1) is 14.9. The molecule has 0 fully saturated rings. The van der Waals surface area contributed by atoms with E-state index in [0.717, 1.165) is 25.0 Å². The average Bonchev–Trinajstić information content (AvgIpc) is 2.46.